The van der Waals surface area contributed by atoms with Gasteiger partial charge in [0, 0.05) is 10.0 Å². The molecule has 0 saturated carbocycles. The minimum absolute atomic E-state index is 0.101. The normalized spacial score (nSPS) is 15.0. The summed E-state index contributed by atoms with van der Waals surface area (Å²) in [6.45, 7) is 0.480. The van der Waals surface area contributed by atoms with Crippen LogP contribution in [0.1, 0.15) is 16.7 Å². The molecule has 156 valence electrons. The SMILES string of the molecule is O=C1S/C(=C\c2ccccc2OCc2ccc(Br)cc2)C(=O)N1Cc1ccc(F)cc1. The summed E-state index contributed by atoms with van der Waals surface area (Å²) in [5.41, 5.74) is 2.41. The zero-order valence-corrected chi connectivity index (χ0v) is 18.7. The van der Waals surface area contributed by atoms with Gasteiger partial charge in [-0.05, 0) is 59.3 Å². The molecule has 0 radical (unpaired) electrons. The quantitative estimate of drug-likeness (QED) is 0.369. The molecule has 1 aliphatic rings. The van der Waals surface area contributed by atoms with Crippen LogP contribution in [0, 0.1) is 5.82 Å². The zero-order valence-electron chi connectivity index (χ0n) is 16.3. The molecule has 0 atom stereocenters. The smallest absolute Gasteiger partial charge is 0.293 e. The summed E-state index contributed by atoms with van der Waals surface area (Å²) in [5, 5.41) is -0.353. The maximum atomic E-state index is 13.1. The second-order valence-electron chi connectivity index (χ2n) is 6.85. The lowest BCUT2D eigenvalue weighted by Gasteiger charge is -2.12. The van der Waals surface area contributed by atoms with Crippen LogP contribution in [0.4, 0.5) is 9.18 Å². The van der Waals surface area contributed by atoms with E-state index in [1.165, 1.54) is 12.1 Å². The molecule has 3 aromatic rings. The molecule has 0 unspecified atom stereocenters. The molecule has 1 aliphatic heterocycles. The Balaban J connectivity index is 1.50. The lowest BCUT2D eigenvalue weighted by Crippen LogP contribution is -2.27. The van der Waals surface area contributed by atoms with Gasteiger partial charge in [0.05, 0.1) is 11.4 Å². The predicted molar refractivity (Wildman–Crippen MR) is 123 cm³/mol. The number of rotatable bonds is 6. The summed E-state index contributed by atoms with van der Waals surface area (Å²) in [5.74, 6) is -0.115. The van der Waals surface area contributed by atoms with Crippen molar-refractivity contribution in [2.45, 2.75) is 13.2 Å². The Labute approximate surface area is 191 Å². The van der Waals surface area contributed by atoms with Crippen molar-refractivity contribution in [2.24, 2.45) is 0 Å². The first-order valence-corrected chi connectivity index (χ1v) is 11.1. The minimum atomic E-state index is -0.373. The fraction of sp³-hybridized carbons (Fsp3) is 0.0833. The highest BCUT2D eigenvalue weighted by Crippen LogP contribution is 2.35. The van der Waals surface area contributed by atoms with Gasteiger partial charge >= 0.3 is 0 Å². The average molecular weight is 498 g/mol. The van der Waals surface area contributed by atoms with Crippen LogP contribution in [0.15, 0.2) is 82.2 Å². The Morgan fingerprint density at radius 1 is 0.935 bits per heavy atom. The van der Waals surface area contributed by atoms with E-state index in [2.05, 4.69) is 15.9 Å². The topological polar surface area (TPSA) is 46.6 Å². The van der Waals surface area contributed by atoms with E-state index in [4.69, 9.17) is 4.74 Å². The molecular formula is C24H17BrFNO3S. The molecule has 3 aromatic carbocycles. The second kappa shape index (κ2) is 9.49. The Bertz CT molecular complexity index is 1150. The number of thioether (sulfide) groups is 1. The molecule has 4 rings (SSSR count). The molecule has 1 saturated heterocycles. The van der Waals surface area contributed by atoms with E-state index in [0.29, 0.717) is 28.4 Å². The Morgan fingerprint density at radius 3 is 2.35 bits per heavy atom. The molecule has 7 heteroatoms. The molecule has 0 aliphatic carbocycles. The molecule has 0 bridgehead atoms. The lowest BCUT2D eigenvalue weighted by molar-refractivity contribution is -0.123. The highest BCUT2D eigenvalue weighted by molar-refractivity contribution is 9.10. The van der Waals surface area contributed by atoms with Crippen LogP contribution >= 0.6 is 27.7 Å². The number of benzene rings is 3. The largest absolute Gasteiger partial charge is 0.488 e. The molecule has 0 N–H and O–H groups in total. The number of amides is 2. The molecular weight excluding hydrogens is 481 g/mol. The summed E-state index contributed by atoms with van der Waals surface area (Å²) >= 11 is 4.30. The highest BCUT2D eigenvalue weighted by atomic mass is 79.9. The molecule has 0 spiro atoms. The van der Waals surface area contributed by atoms with Crippen molar-refractivity contribution in [1.82, 2.24) is 4.90 Å². The molecule has 0 aromatic heterocycles. The average Bonchev–Trinajstić information content (AvgIpc) is 3.03. The number of hydrogen-bond donors (Lipinski definition) is 0. The third-order valence-corrected chi connectivity index (χ3v) is 6.08. The Morgan fingerprint density at radius 2 is 1.61 bits per heavy atom. The monoisotopic (exact) mass is 497 g/mol. The number of imide groups is 1. The van der Waals surface area contributed by atoms with Crippen molar-refractivity contribution in [3.05, 3.63) is 105 Å². The maximum Gasteiger partial charge on any atom is 0.293 e. The van der Waals surface area contributed by atoms with Crippen LogP contribution < -0.4 is 4.74 Å². The van der Waals surface area contributed by atoms with Crippen molar-refractivity contribution in [3.63, 3.8) is 0 Å². The van der Waals surface area contributed by atoms with Gasteiger partial charge in [0.2, 0.25) is 0 Å². The van der Waals surface area contributed by atoms with Crippen molar-refractivity contribution >= 4 is 44.9 Å². The standard InChI is InChI=1S/C24H17BrFNO3S/c25-19-9-5-17(6-10-19)15-30-21-4-2-1-3-18(21)13-22-23(28)27(24(29)31-22)14-16-7-11-20(26)12-8-16/h1-13H,14-15H2/b22-13-. The molecule has 4 nitrogen and oxygen atoms in total. The number of ether oxygens (including phenoxy) is 1. The number of carbonyl (C=O) groups excluding carboxylic acids is 2. The molecule has 1 heterocycles. The van der Waals surface area contributed by atoms with E-state index >= 15 is 0 Å². The first-order valence-electron chi connectivity index (χ1n) is 9.46. The van der Waals surface area contributed by atoms with E-state index in [-0.39, 0.29) is 23.5 Å². The van der Waals surface area contributed by atoms with Crippen LogP contribution in [0.25, 0.3) is 6.08 Å². The molecule has 31 heavy (non-hydrogen) atoms. The first-order chi connectivity index (χ1) is 15.0. The van der Waals surface area contributed by atoms with Crippen molar-refractivity contribution in [3.8, 4) is 5.75 Å². The summed E-state index contributed by atoms with van der Waals surface area (Å²) in [6.07, 6.45) is 1.67. The van der Waals surface area contributed by atoms with Gasteiger partial charge in [-0.3, -0.25) is 14.5 Å². The third kappa shape index (κ3) is 5.24. The summed E-state index contributed by atoms with van der Waals surface area (Å²) in [4.78, 5) is 26.7. The van der Waals surface area contributed by atoms with Crippen LogP contribution in [0.5, 0.6) is 5.75 Å². The highest BCUT2D eigenvalue weighted by Gasteiger charge is 2.35. The van der Waals surface area contributed by atoms with Crippen molar-refractivity contribution in [2.75, 3.05) is 0 Å². The van der Waals surface area contributed by atoms with Gasteiger partial charge in [0.15, 0.2) is 0 Å². The van der Waals surface area contributed by atoms with Crippen molar-refractivity contribution in [1.29, 1.82) is 0 Å². The van der Waals surface area contributed by atoms with Gasteiger partial charge in [-0.15, -0.1) is 0 Å². The summed E-state index contributed by atoms with van der Waals surface area (Å²) < 4.78 is 20.1. The molecule has 2 amide bonds. The van der Waals surface area contributed by atoms with Gasteiger partial charge in [0.25, 0.3) is 11.1 Å². The Hall–Kier alpha value is -2.90. The maximum absolute atomic E-state index is 13.1. The Kier molecular flexibility index (Phi) is 6.53. The number of halogens is 2. The number of hydrogen-bond acceptors (Lipinski definition) is 4. The van der Waals surface area contributed by atoms with Crippen LogP contribution in [0.3, 0.4) is 0 Å². The zero-order chi connectivity index (χ0) is 21.8. The van der Waals surface area contributed by atoms with Gasteiger partial charge in [-0.2, -0.15) is 0 Å². The van der Waals surface area contributed by atoms with Gasteiger partial charge in [-0.1, -0.05) is 58.4 Å². The van der Waals surface area contributed by atoms with E-state index < -0.39 is 0 Å². The van der Waals surface area contributed by atoms with Crippen LogP contribution in [-0.2, 0) is 17.9 Å². The molecule has 1 fully saturated rings. The predicted octanol–water partition coefficient (Wildman–Crippen LogP) is 6.40. The number of nitrogens with zero attached hydrogens (tertiary/aromatic N) is 1. The van der Waals surface area contributed by atoms with E-state index in [0.717, 1.165) is 26.7 Å². The fourth-order valence-corrected chi connectivity index (χ4v) is 4.12. The third-order valence-electron chi connectivity index (χ3n) is 4.64. The van der Waals surface area contributed by atoms with E-state index in [1.54, 1.807) is 18.2 Å². The summed E-state index contributed by atoms with van der Waals surface area (Å²) in [6, 6.07) is 20.9. The van der Waals surface area contributed by atoms with Gasteiger partial charge in [-0.25, -0.2) is 4.39 Å². The number of carbonyl (C=O) groups is 2. The first kappa shape index (κ1) is 21.3. The van der Waals surface area contributed by atoms with E-state index in [9.17, 15) is 14.0 Å². The lowest BCUT2D eigenvalue weighted by atomic mass is 10.1. The number of para-hydroxylation sites is 1. The van der Waals surface area contributed by atoms with Crippen LogP contribution in [0.2, 0.25) is 0 Å². The van der Waals surface area contributed by atoms with Gasteiger partial charge < -0.3 is 4.74 Å². The van der Waals surface area contributed by atoms with E-state index in [1.807, 2.05) is 48.5 Å². The van der Waals surface area contributed by atoms with Gasteiger partial charge in [0.1, 0.15) is 18.2 Å². The fourth-order valence-electron chi connectivity index (χ4n) is 3.02. The minimum Gasteiger partial charge on any atom is -0.488 e. The van der Waals surface area contributed by atoms with Crippen LogP contribution in [-0.4, -0.2) is 16.0 Å². The summed E-state index contributed by atoms with van der Waals surface area (Å²) in [7, 11) is 0. The van der Waals surface area contributed by atoms with Crippen molar-refractivity contribution < 1.29 is 18.7 Å². The second-order valence-corrected chi connectivity index (χ2v) is 8.76.